The average molecular weight is 368 g/mol. The Labute approximate surface area is 166 Å². The predicted octanol–water partition coefficient (Wildman–Crippen LogP) is 7.01. The lowest BCUT2D eigenvalue weighted by Crippen LogP contribution is -2.33. The molecule has 2 rings (SSSR count). The standard InChI is InChI=1S/C25H37NO/c1-4-6-7-8-10-16-23-17-18-25(26-27-21(3)13-5-2)24(20-23)19-22-14-11-9-12-15-22/h9,11-12,14-15,17-21,25-26H,4-8,10,13,16H2,1-3H3. The number of benzene rings is 1. The van der Waals surface area contributed by atoms with E-state index in [9.17, 15) is 0 Å². The van der Waals surface area contributed by atoms with Gasteiger partial charge in [-0.2, -0.15) is 5.48 Å². The van der Waals surface area contributed by atoms with Crippen molar-refractivity contribution in [1.29, 1.82) is 0 Å². The van der Waals surface area contributed by atoms with E-state index in [1.165, 1.54) is 48.8 Å². The van der Waals surface area contributed by atoms with E-state index in [1.807, 2.05) is 0 Å². The largest absolute Gasteiger partial charge is 0.298 e. The van der Waals surface area contributed by atoms with Gasteiger partial charge in [-0.1, -0.05) is 94.5 Å². The van der Waals surface area contributed by atoms with Gasteiger partial charge in [-0.3, -0.25) is 4.84 Å². The summed E-state index contributed by atoms with van der Waals surface area (Å²) in [6.45, 7) is 6.58. The van der Waals surface area contributed by atoms with Crippen molar-refractivity contribution < 1.29 is 4.84 Å². The number of unbranched alkanes of at least 4 members (excludes halogenated alkanes) is 4. The van der Waals surface area contributed by atoms with Crippen LogP contribution in [0.4, 0.5) is 0 Å². The second-order valence-corrected chi connectivity index (χ2v) is 7.61. The number of hydrogen-bond donors (Lipinski definition) is 1. The van der Waals surface area contributed by atoms with Crippen molar-refractivity contribution in [3.8, 4) is 0 Å². The normalized spacial score (nSPS) is 19.3. The molecule has 0 aromatic heterocycles. The van der Waals surface area contributed by atoms with Crippen molar-refractivity contribution >= 4 is 6.08 Å². The third kappa shape index (κ3) is 8.28. The lowest BCUT2D eigenvalue weighted by atomic mass is 9.93. The first-order chi connectivity index (χ1) is 13.2. The number of hydroxylamine groups is 1. The number of nitrogens with one attached hydrogen (secondary N) is 1. The zero-order valence-corrected chi connectivity index (χ0v) is 17.4. The van der Waals surface area contributed by atoms with Crippen LogP contribution in [0.1, 0.15) is 77.7 Å². The highest BCUT2D eigenvalue weighted by atomic mass is 16.7. The summed E-state index contributed by atoms with van der Waals surface area (Å²) >= 11 is 0. The minimum atomic E-state index is 0.105. The Morgan fingerprint density at radius 1 is 1.04 bits per heavy atom. The molecule has 0 saturated heterocycles. The third-order valence-electron chi connectivity index (χ3n) is 5.01. The molecule has 1 N–H and O–H groups in total. The maximum atomic E-state index is 5.88. The zero-order chi connectivity index (χ0) is 19.3. The molecule has 27 heavy (non-hydrogen) atoms. The van der Waals surface area contributed by atoms with Crippen molar-refractivity contribution in [1.82, 2.24) is 5.48 Å². The van der Waals surface area contributed by atoms with E-state index in [2.05, 4.69) is 80.9 Å². The summed E-state index contributed by atoms with van der Waals surface area (Å²) in [4.78, 5) is 5.88. The fourth-order valence-corrected chi connectivity index (χ4v) is 3.41. The monoisotopic (exact) mass is 367 g/mol. The topological polar surface area (TPSA) is 21.3 Å². The van der Waals surface area contributed by atoms with Crippen LogP contribution in [0.3, 0.4) is 0 Å². The Bertz CT molecular complexity index is 614. The molecule has 1 aliphatic rings. The van der Waals surface area contributed by atoms with E-state index in [1.54, 1.807) is 0 Å². The molecule has 2 heteroatoms. The van der Waals surface area contributed by atoms with Gasteiger partial charge in [-0.25, -0.2) is 0 Å². The first-order valence-electron chi connectivity index (χ1n) is 10.8. The molecule has 148 valence electrons. The van der Waals surface area contributed by atoms with E-state index in [0.29, 0.717) is 0 Å². The smallest absolute Gasteiger partial charge is 0.0762 e. The van der Waals surface area contributed by atoms with Crippen molar-refractivity contribution in [2.24, 2.45) is 0 Å². The molecule has 1 aromatic rings. The molecule has 0 fully saturated rings. The van der Waals surface area contributed by atoms with Gasteiger partial charge >= 0.3 is 0 Å². The van der Waals surface area contributed by atoms with Gasteiger partial charge in [-0.15, -0.1) is 0 Å². The maximum absolute atomic E-state index is 5.88. The SMILES string of the molecule is CCCCCCCC1=CC(=Cc2ccccc2)C(NOC(C)CCC)C=C1. The highest BCUT2D eigenvalue weighted by molar-refractivity contribution is 5.60. The van der Waals surface area contributed by atoms with Crippen LogP contribution in [0.15, 0.2) is 59.7 Å². The van der Waals surface area contributed by atoms with Gasteiger partial charge in [0.1, 0.15) is 0 Å². The van der Waals surface area contributed by atoms with Crippen LogP contribution in [0.5, 0.6) is 0 Å². The highest BCUT2D eigenvalue weighted by Gasteiger charge is 2.15. The zero-order valence-electron chi connectivity index (χ0n) is 17.4. The molecule has 0 saturated carbocycles. The first kappa shape index (κ1) is 21.7. The van der Waals surface area contributed by atoms with Crippen LogP contribution >= 0.6 is 0 Å². The van der Waals surface area contributed by atoms with Crippen LogP contribution in [0.2, 0.25) is 0 Å². The molecule has 0 heterocycles. The van der Waals surface area contributed by atoms with E-state index in [0.717, 1.165) is 19.3 Å². The molecular formula is C25H37NO. The molecular weight excluding hydrogens is 330 g/mol. The molecule has 0 aliphatic heterocycles. The molecule has 0 amide bonds. The van der Waals surface area contributed by atoms with Crippen LogP contribution < -0.4 is 5.48 Å². The second-order valence-electron chi connectivity index (χ2n) is 7.61. The summed E-state index contributed by atoms with van der Waals surface area (Å²) in [5.41, 5.74) is 7.21. The molecule has 2 atom stereocenters. The molecule has 0 spiro atoms. The maximum Gasteiger partial charge on any atom is 0.0762 e. The van der Waals surface area contributed by atoms with Gasteiger partial charge in [0.05, 0.1) is 12.1 Å². The lowest BCUT2D eigenvalue weighted by Gasteiger charge is -2.23. The average Bonchev–Trinajstić information content (AvgIpc) is 2.68. The Kier molecular flexibility index (Phi) is 10.2. The minimum Gasteiger partial charge on any atom is -0.298 e. The van der Waals surface area contributed by atoms with Gasteiger partial charge in [0.25, 0.3) is 0 Å². The second kappa shape index (κ2) is 12.7. The Hall–Kier alpha value is -1.64. The van der Waals surface area contributed by atoms with Crippen LogP contribution in [0.25, 0.3) is 6.08 Å². The molecule has 2 unspecified atom stereocenters. The summed E-state index contributed by atoms with van der Waals surface area (Å²) in [6.07, 6.45) is 19.3. The quantitative estimate of drug-likeness (QED) is 0.317. The van der Waals surface area contributed by atoms with Gasteiger partial charge in [-0.05, 0) is 49.0 Å². The fraction of sp³-hybridized carbons (Fsp3) is 0.520. The Balaban J connectivity index is 2.02. The number of allylic oxidation sites excluding steroid dienone is 2. The Morgan fingerprint density at radius 3 is 2.56 bits per heavy atom. The highest BCUT2D eigenvalue weighted by Crippen LogP contribution is 2.23. The van der Waals surface area contributed by atoms with Gasteiger partial charge in [0, 0.05) is 0 Å². The minimum absolute atomic E-state index is 0.105. The molecule has 0 radical (unpaired) electrons. The van der Waals surface area contributed by atoms with Gasteiger partial charge in [0.15, 0.2) is 0 Å². The van der Waals surface area contributed by atoms with E-state index >= 15 is 0 Å². The van der Waals surface area contributed by atoms with Crippen molar-refractivity contribution in [2.45, 2.75) is 84.3 Å². The summed E-state index contributed by atoms with van der Waals surface area (Å²) in [5, 5.41) is 0. The van der Waals surface area contributed by atoms with Crippen molar-refractivity contribution in [3.05, 3.63) is 65.3 Å². The molecule has 0 bridgehead atoms. The van der Waals surface area contributed by atoms with Crippen molar-refractivity contribution in [2.75, 3.05) is 0 Å². The first-order valence-corrected chi connectivity index (χ1v) is 10.8. The summed E-state index contributed by atoms with van der Waals surface area (Å²) in [6, 6.07) is 10.7. The molecule has 2 nitrogen and oxygen atoms in total. The van der Waals surface area contributed by atoms with Crippen LogP contribution in [-0.2, 0) is 4.84 Å². The molecule has 1 aliphatic carbocycles. The van der Waals surface area contributed by atoms with E-state index < -0.39 is 0 Å². The summed E-state index contributed by atoms with van der Waals surface area (Å²) in [7, 11) is 0. The van der Waals surface area contributed by atoms with Crippen molar-refractivity contribution in [3.63, 3.8) is 0 Å². The van der Waals surface area contributed by atoms with Crippen LogP contribution in [0, 0.1) is 0 Å². The van der Waals surface area contributed by atoms with E-state index in [-0.39, 0.29) is 12.1 Å². The fourth-order valence-electron chi connectivity index (χ4n) is 3.41. The summed E-state index contributed by atoms with van der Waals surface area (Å²) in [5.74, 6) is 0. The van der Waals surface area contributed by atoms with E-state index in [4.69, 9.17) is 4.84 Å². The van der Waals surface area contributed by atoms with Gasteiger partial charge < -0.3 is 0 Å². The van der Waals surface area contributed by atoms with Gasteiger partial charge in [0.2, 0.25) is 0 Å². The summed E-state index contributed by atoms with van der Waals surface area (Å²) < 4.78 is 0. The number of hydrogen-bond acceptors (Lipinski definition) is 2. The molecule has 1 aromatic carbocycles. The lowest BCUT2D eigenvalue weighted by molar-refractivity contribution is -0.0249. The third-order valence-corrected chi connectivity index (χ3v) is 5.01. The van der Waals surface area contributed by atoms with Crippen LogP contribution in [-0.4, -0.2) is 12.1 Å². The predicted molar refractivity (Wildman–Crippen MR) is 117 cm³/mol. The number of rotatable bonds is 12. The Morgan fingerprint density at radius 2 is 1.81 bits per heavy atom.